The Morgan fingerprint density at radius 1 is 1.11 bits per heavy atom. The second-order valence-electron chi connectivity index (χ2n) is 6.55. The molecule has 0 unspecified atom stereocenters. The largest absolute Gasteiger partial charge is 0.486 e. The summed E-state index contributed by atoms with van der Waals surface area (Å²) in [6.07, 6.45) is 0.247. The van der Waals surface area contributed by atoms with Crippen molar-refractivity contribution in [3.05, 3.63) is 18.2 Å². The number of rotatable bonds is 7. The fourth-order valence-corrected chi connectivity index (χ4v) is 3.15. The summed E-state index contributed by atoms with van der Waals surface area (Å²) in [6.45, 7) is 7.53. The summed E-state index contributed by atoms with van der Waals surface area (Å²) in [5.41, 5.74) is 0.702. The van der Waals surface area contributed by atoms with Crippen molar-refractivity contribution in [2.45, 2.75) is 13.3 Å². The fraction of sp³-hybridized carbons (Fsp3) is 0.579. The van der Waals surface area contributed by atoms with Gasteiger partial charge in [-0.05, 0) is 12.1 Å². The van der Waals surface area contributed by atoms with Crippen LogP contribution in [0.2, 0.25) is 0 Å². The van der Waals surface area contributed by atoms with Crippen LogP contribution in [-0.2, 0) is 14.3 Å². The Morgan fingerprint density at radius 2 is 1.85 bits per heavy atom. The normalized spacial score (nSPS) is 16.6. The lowest BCUT2D eigenvalue weighted by Crippen LogP contribution is -2.42. The van der Waals surface area contributed by atoms with Crippen LogP contribution in [0.3, 0.4) is 0 Å². The standard InChI is InChI=1S/C19H27N3O5/c1-15(23)22(16-2-3-17-18(14-16)27-13-12-26-17)6-4-19(24)20-5-7-21-8-10-25-11-9-21/h2-3,14H,4-13H2,1H3,(H,20,24). The molecule has 0 bridgehead atoms. The maximum Gasteiger partial charge on any atom is 0.223 e. The van der Waals surface area contributed by atoms with Gasteiger partial charge in [-0.3, -0.25) is 14.5 Å². The van der Waals surface area contributed by atoms with E-state index in [4.69, 9.17) is 14.2 Å². The SMILES string of the molecule is CC(=O)N(CCC(=O)NCCN1CCOCC1)c1ccc2c(c1)OCCO2. The number of nitrogens with one attached hydrogen (secondary N) is 1. The molecule has 2 aliphatic heterocycles. The molecule has 0 aromatic heterocycles. The highest BCUT2D eigenvalue weighted by Crippen LogP contribution is 2.34. The summed E-state index contributed by atoms with van der Waals surface area (Å²) >= 11 is 0. The minimum Gasteiger partial charge on any atom is -0.486 e. The average Bonchev–Trinajstić information content (AvgIpc) is 2.68. The zero-order chi connectivity index (χ0) is 19.1. The van der Waals surface area contributed by atoms with Crippen molar-refractivity contribution in [1.29, 1.82) is 0 Å². The molecule has 8 nitrogen and oxygen atoms in total. The molecule has 2 aliphatic rings. The van der Waals surface area contributed by atoms with Crippen molar-refractivity contribution in [3.8, 4) is 11.5 Å². The molecule has 3 rings (SSSR count). The smallest absolute Gasteiger partial charge is 0.223 e. The van der Waals surface area contributed by atoms with Crippen LogP contribution in [0.1, 0.15) is 13.3 Å². The van der Waals surface area contributed by atoms with Gasteiger partial charge in [0, 0.05) is 57.8 Å². The van der Waals surface area contributed by atoms with Gasteiger partial charge in [0.1, 0.15) is 13.2 Å². The molecule has 27 heavy (non-hydrogen) atoms. The van der Waals surface area contributed by atoms with Gasteiger partial charge in [0.15, 0.2) is 11.5 Å². The van der Waals surface area contributed by atoms with Gasteiger partial charge in [-0.15, -0.1) is 0 Å². The van der Waals surface area contributed by atoms with Crippen molar-refractivity contribution in [3.63, 3.8) is 0 Å². The molecule has 148 valence electrons. The number of hydrogen-bond acceptors (Lipinski definition) is 6. The van der Waals surface area contributed by atoms with Gasteiger partial charge in [-0.25, -0.2) is 0 Å². The molecule has 1 N–H and O–H groups in total. The molecule has 2 heterocycles. The molecule has 2 amide bonds. The summed E-state index contributed by atoms with van der Waals surface area (Å²) in [6, 6.07) is 5.39. The molecule has 8 heteroatoms. The molecular formula is C19H27N3O5. The fourth-order valence-electron chi connectivity index (χ4n) is 3.15. The van der Waals surface area contributed by atoms with Crippen LogP contribution in [0.15, 0.2) is 18.2 Å². The Morgan fingerprint density at radius 3 is 2.59 bits per heavy atom. The Balaban J connectivity index is 1.48. The van der Waals surface area contributed by atoms with E-state index in [1.807, 2.05) is 6.07 Å². The number of anilines is 1. The van der Waals surface area contributed by atoms with Gasteiger partial charge in [0.05, 0.1) is 13.2 Å². The number of hydrogen-bond donors (Lipinski definition) is 1. The molecule has 1 aromatic carbocycles. The van der Waals surface area contributed by atoms with Gasteiger partial charge < -0.3 is 24.4 Å². The Kier molecular flexibility index (Phi) is 6.89. The summed E-state index contributed by atoms with van der Waals surface area (Å²) in [5, 5.41) is 2.92. The van der Waals surface area contributed by atoms with E-state index in [-0.39, 0.29) is 18.2 Å². The first-order chi connectivity index (χ1) is 13.1. The van der Waals surface area contributed by atoms with E-state index in [2.05, 4.69) is 10.2 Å². The van der Waals surface area contributed by atoms with Gasteiger partial charge in [-0.1, -0.05) is 0 Å². The van der Waals surface area contributed by atoms with Crippen LogP contribution >= 0.6 is 0 Å². The zero-order valence-corrected chi connectivity index (χ0v) is 15.7. The minimum absolute atomic E-state index is 0.0629. The Labute approximate surface area is 159 Å². The van der Waals surface area contributed by atoms with E-state index in [1.165, 1.54) is 6.92 Å². The number of ether oxygens (including phenoxy) is 3. The first-order valence-electron chi connectivity index (χ1n) is 9.38. The van der Waals surface area contributed by atoms with E-state index in [0.29, 0.717) is 43.5 Å². The van der Waals surface area contributed by atoms with E-state index in [9.17, 15) is 9.59 Å². The second-order valence-corrected chi connectivity index (χ2v) is 6.55. The summed E-state index contributed by atoms with van der Waals surface area (Å²) in [4.78, 5) is 28.0. The van der Waals surface area contributed by atoms with Crippen LogP contribution in [0.25, 0.3) is 0 Å². The third kappa shape index (κ3) is 5.58. The summed E-state index contributed by atoms with van der Waals surface area (Å²) in [5.74, 6) is 1.12. The zero-order valence-electron chi connectivity index (χ0n) is 15.7. The van der Waals surface area contributed by atoms with Crippen molar-refractivity contribution < 1.29 is 23.8 Å². The van der Waals surface area contributed by atoms with Crippen molar-refractivity contribution in [1.82, 2.24) is 10.2 Å². The van der Waals surface area contributed by atoms with Crippen LogP contribution < -0.4 is 19.7 Å². The molecule has 1 saturated heterocycles. The number of nitrogens with zero attached hydrogens (tertiary/aromatic N) is 2. The van der Waals surface area contributed by atoms with Crippen LogP contribution in [0, 0.1) is 0 Å². The molecule has 0 saturated carbocycles. The third-order valence-corrected chi connectivity index (χ3v) is 4.63. The maximum absolute atomic E-state index is 12.1. The van der Waals surface area contributed by atoms with Crippen molar-refractivity contribution in [2.75, 3.05) is 64.1 Å². The van der Waals surface area contributed by atoms with Gasteiger partial charge in [0.2, 0.25) is 11.8 Å². The Hall–Kier alpha value is -2.32. The lowest BCUT2D eigenvalue weighted by atomic mass is 10.2. The first-order valence-corrected chi connectivity index (χ1v) is 9.38. The quantitative estimate of drug-likeness (QED) is 0.752. The monoisotopic (exact) mass is 377 g/mol. The molecule has 0 spiro atoms. The average molecular weight is 377 g/mol. The van der Waals surface area contributed by atoms with Crippen LogP contribution in [0.4, 0.5) is 5.69 Å². The molecule has 1 fully saturated rings. The van der Waals surface area contributed by atoms with E-state index in [0.717, 1.165) is 32.8 Å². The number of fused-ring (bicyclic) bond motifs is 1. The number of benzene rings is 1. The van der Waals surface area contributed by atoms with E-state index in [1.54, 1.807) is 17.0 Å². The van der Waals surface area contributed by atoms with Crippen LogP contribution in [0.5, 0.6) is 11.5 Å². The number of carbonyl (C=O) groups is 2. The molecule has 1 aromatic rings. The Bertz CT molecular complexity index is 661. The first kappa shape index (κ1) is 19.4. The highest BCUT2D eigenvalue weighted by Gasteiger charge is 2.18. The predicted octanol–water partition coefficient (Wildman–Crippen LogP) is 0.649. The van der Waals surface area contributed by atoms with E-state index >= 15 is 0 Å². The predicted molar refractivity (Wildman–Crippen MR) is 100 cm³/mol. The number of morpholine rings is 1. The van der Waals surface area contributed by atoms with Crippen molar-refractivity contribution in [2.24, 2.45) is 0 Å². The second kappa shape index (κ2) is 9.57. The molecule has 0 aliphatic carbocycles. The van der Waals surface area contributed by atoms with E-state index < -0.39 is 0 Å². The summed E-state index contributed by atoms with van der Waals surface area (Å²) in [7, 11) is 0. The number of carbonyl (C=O) groups excluding carboxylic acids is 2. The molecule has 0 atom stereocenters. The lowest BCUT2D eigenvalue weighted by molar-refractivity contribution is -0.121. The van der Waals surface area contributed by atoms with Crippen molar-refractivity contribution >= 4 is 17.5 Å². The highest BCUT2D eigenvalue weighted by atomic mass is 16.6. The van der Waals surface area contributed by atoms with Gasteiger partial charge >= 0.3 is 0 Å². The highest BCUT2D eigenvalue weighted by molar-refractivity contribution is 5.92. The minimum atomic E-state index is -0.118. The van der Waals surface area contributed by atoms with Gasteiger partial charge in [0.25, 0.3) is 0 Å². The number of amides is 2. The van der Waals surface area contributed by atoms with Crippen LogP contribution in [-0.4, -0.2) is 75.9 Å². The lowest BCUT2D eigenvalue weighted by Gasteiger charge is -2.26. The maximum atomic E-state index is 12.1. The van der Waals surface area contributed by atoms with Gasteiger partial charge in [-0.2, -0.15) is 0 Å². The summed E-state index contributed by atoms with van der Waals surface area (Å²) < 4.78 is 16.4. The third-order valence-electron chi connectivity index (χ3n) is 4.63. The molecule has 0 radical (unpaired) electrons. The molecular weight excluding hydrogens is 350 g/mol. The topological polar surface area (TPSA) is 80.3 Å².